The molecule has 1 fully saturated rings. The Morgan fingerprint density at radius 2 is 2.06 bits per heavy atom. The molecule has 2 unspecified atom stereocenters. The third kappa shape index (κ3) is 2.81. The molecule has 1 saturated heterocycles. The molecule has 1 aromatic rings. The number of anilines is 1. The maximum atomic E-state index is 5.96. The highest BCUT2D eigenvalue weighted by molar-refractivity contribution is 5.49. The van der Waals surface area contributed by atoms with Crippen molar-refractivity contribution in [1.82, 2.24) is 4.90 Å². The van der Waals surface area contributed by atoms with Gasteiger partial charge in [0.2, 0.25) is 0 Å². The van der Waals surface area contributed by atoms with Crippen molar-refractivity contribution < 1.29 is 0 Å². The molecule has 2 N–H and O–H groups in total. The molecule has 0 spiro atoms. The van der Waals surface area contributed by atoms with Crippen LogP contribution in [0.5, 0.6) is 0 Å². The molecule has 1 heterocycles. The Bertz CT molecular complexity index is 387. The lowest BCUT2D eigenvalue weighted by Gasteiger charge is -2.35. The van der Waals surface area contributed by atoms with Gasteiger partial charge in [-0.25, -0.2) is 0 Å². The first-order chi connectivity index (χ1) is 8.08. The van der Waals surface area contributed by atoms with Crippen molar-refractivity contribution in [3.63, 3.8) is 0 Å². The van der Waals surface area contributed by atoms with Crippen LogP contribution in [0.2, 0.25) is 0 Å². The molecule has 0 amide bonds. The Morgan fingerprint density at radius 3 is 2.76 bits per heavy atom. The van der Waals surface area contributed by atoms with E-state index in [0.29, 0.717) is 0 Å². The SMILES string of the molecule is Cc1c(N)cccc1CN1CCC(C)C(C)C1. The number of nitrogen functional groups attached to an aromatic ring is 1. The van der Waals surface area contributed by atoms with E-state index in [2.05, 4.69) is 37.8 Å². The van der Waals surface area contributed by atoms with Gasteiger partial charge < -0.3 is 5.73 Å². The number of hydrogen-bond donors (Lipinski definition) is 1. The van der Waals surface area contributed by atoms with E-state index >= 15 is 0 Å². The first-order valence-corrected chi connectivity index (χ1v) is 6.64. The first kappa shape index (κ1) is 12.4. The van der Waals surface area contributed by atoms with Crippen LogP contribution in [0.15, 0.2) is 18.2 Å². The summed E-state index contributed by atoms with van der Waals surface area (Å²) >= 11 is 0. The summed E-state index contributed by atoms with van der Waals surface area (Å²) in [5.41, 5.74) is 9.50. The highest BCUT2D eigenvalue weighted by Gasteiger charge is 2.22. The van der Waals surface area contributed by atoms with Crippen LogP contribution in [0, 0.1) is 18.8 Å². The van der Waals surface area contributed by atoms with Gasteiger partial charge in [-0.3, -0.25) is 4.90 Å². The van der Waals surface area contributed by atoms with Gasteiger partial charge in [-0.2, -0.15) is 0 Å². The highest BCUT2D eigenvalue weighted by atomic mass is 15.1. The fourth-order valence-corrected chi connectivity index (χ4v) is 2.61. The van der Waals surface area contributed by atoms with Crippen LogP contribution in [0.1, 0.15) is 31.4 Å². The van der Waals surface area contributed by atoms with Gasteiger partial charge in [0.15, 0.2) is 0 Å². The Kier molecular flexibility index (Phi) is 3.72. The molecule has 0 radical (unpaired) electrons. The Morgan fingerprint density at radius 1 is 1.29 bits per heavy atom. The molecule has 1 aliphatic rings. The molecule has 0 saturated carbocycles. The molecule has 0 aromatic heterocycles. The Balaban J connectivity index is 2.04. The standard InChI is InChI=1S/C15H24N2/c1-11-7-8-17(9-12(11)2)10-14-5-4-6-15(16)13(14)3/h4-6,11-12H,7-10,16H2,1-3H3. The maximum absolute atomic E-state index is 5.96. The van der Waals surface area contributed by atoms with Crippen LogP contribution >= 0.6 is 0 Å². The summed E-state index contributed by atoms with van der Waals surface area (Å²) < 4.78 is 0. The van der Waals surface area contributed by atoms with Gasteiger partial charge in [0.25, 0.3) is 0 Å². The van der Waals surface area contributed by atoms with Crippen LogP contribution in [-0.2, 0) is 6.54 Å². The number of rotatable bonds is 2. The van der Waals surface area contributed by atoms with Crippen LogP contribution < -0.4 is 5.73 Å². The van der Waals surface area contributed by atoms with E-state index in [1.54, 1.807) is 0 Å². The predicted molar refractivity (Wildman–Crippen MR) is 73.8 cm³/mol. The lowest BCUT2D eigenvalue weighted by Crippen LogP contribution is -2.38. The third-order valence-corrected chi connectivity index (χ3v) is 4.30. The number of likely N-dealkylation sites (tertiary alicyclic amines) is 1. The second kappa shape index (κ2) is 5.09. The number of nitrogens with zero attached hydrogens (tertiary/aromatic N) is 1. The van der Waals surface area contributed by atoms with Gasteiger partial charge in [-0.1, -0.05) is 26.0 Å². The zero-order valence-corrected chi connectivity index (χ0v) is 11.2. The van der Waals surface area contributed by atoms with Gasteiger partial charge in [-0.05, 0) is 48.9 Å². The van der Waals surface area contributed by atoms with Crippen molar-refractivity contribution >= 4 is 5.69 Å². The topological polar surface area (TPSA) is 29.3 Å². The zero-order chi connectivity index (χ0) is 12.4. The van der Waals surface area contributed by atoms with Gasteiger partial charge in [-0.15, -0.1) is 0 Å². The molecule has 2 nitrogen and oxygen atoms in total. The van der Waals surface area contributed by atoms with Gasteiger partial charge in [0.1, 0.15) is 0 Å². The van der Waals surface area contributed by atoms with Crippen molar-refractivity contribution in [3.05, 3.63) is 29.3 Å². The van der Waals surface area contributed by atoms with Crippen LogP contribution in [0.25, 0.3) is 0 Å². The monoisotopic (exact) mass is 232 g/mol. The molecule has 2 atom stereocenters. The normalized spacial score (nSPS) is 26.1. The number of hydrogen-bond acceptors (Lipinski definition) is 2. The van der Waals surface area contributed by atoms with E-state index in [0.717, 1.165) is 24.1 Å². The maximum Gasteiger partial charge on any atom is 0.0346 e. The minimum atomic E-state index is 0.810. The minimum absolute atomic E-state index is 0.810. The number of nitrogens with two attached hydrogens (primary N) is 1. The average Bonchev–Trinajstić information content (AvgIpc) is 2.30. The third-order valence-electron chi connectivity index (χ3n) is 4.30. The van der Waals surface area contributed by atoms with E-state index in [1.165, 1.54) is 30.6 Å². The van der Waals surface area contributed by atoms with Crippen LogP contribution in [0.4, 0.5) is 5.69 Å². The van der Waals surface area contributed by atoms with E-state index in [4.69, 9.17) is 5.73 Å². The number of benzene rings is 1. The quantitative estimate of drug-likeness (QED) is 0.794. The van der Waals surface area contributed by atoms with E-state index in [-0.39, 0.29) is 0 Å². The molecule has 1 aliphatic heterocycles. The van der Waals surface area contributed by atoms with Gasteiger partial charge >= 0.3 is 0 Å². The van der Waals surface area contributed by atoms with Crippen molar-refractivity contribution in [3.8, 4) is 0 Å². The summed E-state index contributed by atoms with van der Waals surface area (Å²) in [5.74, 6) is 1.68. The van der Waals surface area contributed by atoms with Gasteiger partial charge in [0, 0.05) is 18.8 Å². The molecule has 0 aliphatic carbocycles. The highest BCUT2D eigenvalue weighted by Crippen LogP contribution is 2.25. The summed E-state index contributed by atoms with van der Waals surface area (Å²) in [6.07, 6.45) is 1.32. The van der Waals surface area contributed by atoms with E-state index in [9.17, 15) is 0 Å². The zero-order valence-electron chi connectivity index (χ0n) is 11.2. The average molecular weight is 232 g/mol. The fourth-order valence-electron chi connectivity index (χ4n) is 2.61. The van der Waals surface area contributed by atoms with Crippen molar-refractivity contribution in [2.45, 2.75) is 33.7 Å². The fraction of sp³-hybridized carbons (Fsp3) is 0.600. The largest absolute Gasteiger partial charge is 0.399 e. The van der Waals surface area contributed by atoms with E-state index < -0.39 is 0 Å². The summed E-state index contributed by atoms with van der Waals surface area (Å²) in [7, 11) is 0. The van der Waals surface area contributed by atoms with Crippen LogP contribution in [0.3, 0.4) is 0 Å². The minimum Gasteiger partial charge on any atom is -0.399 e. The van der Waals surface area contributed by atoms with Crippen molar-refractivity contribution in [1.29, 1.82) is 0 Å². The number of piperidine rings is 1. The Hall–Kier alpha value is -1.02. The smallest absolute Gasteiger partial charge is 0.0346 e. The molecule has 94 valence electrons. The lowest BCUT2D eigenvalue weighted by atomic mass is 9.88. The second-order valence-electron chi connectivity index (χ2n) is 5.61. The summed E-state index contributed by atoms with van der Waals surface area (Å²) in [4.78, 5) is 2.56. The Labute approximate surface area is 105 Å². The van der Waals surface area contributed by atoms with E-state index in [1.807, 2.05) is 6.07 Å². The molecule has 17 heavy (non-hydrogen) atoms. The molecular weight excluding hydrogens is 208 g/mol. The summed E-state index contributed by atoms with van der Waals surface area (Å²) in [6.45, 7) is 10.3. The first-order valence-electron chi connectivity index (χ1n) is 6.64. The lowest BCUT2D eigenvalue weighted by molar-refractivity contribution is 0.132. The summed E-state index contributed by atoms with van der Waals surface area (Å²) in [5, 5.41) is 0. The molecule has 2 rings (SSSR count). The van der Waals surface area contributed by atoms with Gasteiger partial charge in [0.05, 0.1) is 0 Å². The molecular formula is C15H24N2. The molecule has 1 aromatic carbocycles. The van der Waals surface area contributed by atoms with Crippen molar-refractivity contribution in [2.75, 3.05) is 18.8 Å². The summed E-state index contributed by atoms with van der Waals surface area (Å²) in [6, 6.07) is 6.25. The predicted octanol–water partition coefficient (Wildman–Crippen LogP) is 3.06. The molecule has 2 heteroatoms. The van der Waals surface area contributed by atoms with Crippen LogP contribution in [-0.4, -0.2) is 18.0 Å². The second-order valence-corrected chi connectivity index (χ2v) is 5.61. The molecule has 0 bridgehead atoms. The van der Waals surface area contributed by atoms with Crippen molar-refractivity contribution in [2.24, 2.45) is 11.8 Å².